The number of nitrogens with zero attached hydrogens (tertiary/aromatic N) is 1. The highest BCUT2D eigenvalue weighted by Gasteiger charge is 2.10. The topological polar surface area (TPSA) is 95.7 Å². The van der Waals surface area contributed by atoms with Crippen molar-refractivity contribution in [2.75, 3.05) is 11.0 Å². The molecular weight excluding hydrogens is 281 g/mol. The normalized spacial score (nSPS) is 11.1. The molecule has 1 rings (SSSR count). The highest BCUT2D eigenvalue weighted by Crippen LogP contribution is 2.16. The number of nitrogens with one attached hydrogen (secondary N) is 1. The molecule has 0 heterocycles. The standard InChI is InChI=1S/C9H12FN3O3S2/c1-18(15,16)12-7-3-2-6(8(10)4-7)5-13(14)9(11)17/h2-4,12,14H,5H2,1H3,(H2,11,17). The van der Waals surface area contributed by atoms with Crippen LogP contribution in [-0.2, 0) is 16.6 Å². The quantitative estimate of drug-likeness (QED) is 0.557. The molecule has 0 spiro atoms. The van der Waals surface area contributed by atoms with Gasteiger partial charge in [0.05, 0.1) is 18.5 Å². The number of sulfonamides is 1. The number of hydrogen-bond donors (Lipinski definition) is 3. The summed E-state index contributed by atoms with van der Waals surface area (Å²) in [5.41, 5.74) is 5.37. The fourth-order valence-electron chi connectivity index (χ4n) is 1.19. The van der Waals surface area contributed by atoms with E-state index < -0.39 is 15.8 Å². The molecule has 18 heavy (non-hydrogen) atoms. The van der Waals surface area contributed by atoms with E-state index in [1.807, 2.05) is 0 Å². The van der Waals surface area contributed by atoms with E-state index in [1.165, 1.54) is 12.1 Å². The molecule has 1 aromatic rings. The van der Waals surface area contributed by atoms with Crippen molar-refractivity contribution in [3.8, 4) is 0 Å². The Balaban J connectivity index is 2.90. The lowest BCUT2D eigenvalue weighted by atomic mass is 10.2. The number of halogens is 1. The number of hydroxylamine groups is 2. The van der Waals surface area contributed by atoms with Crippen LogP contribution >= 0.6 is 12.2 Å². The second kappa shape index (κ2) is 5.46. The maximum absolute atomic E-state index is 13.6. The van der Waals surface area contributed by atoms with E-state index in [1.54, 1.807) is 0 Å². The zero-order valence-electron chi connectivity index (χ0n) is 9.42. The first-order chi connectivity index (χ1) is 8.19. The van der Waals surface area contributed by atoms with E-state index >= 15 is 0 Å². The third-order valence-corrected chi connectivity index (χ3v) is 2.75. The average molecular weight is 293 g/mol. The van der Waals surface area contributed by atoms with Crippen LogP contribution in [0.25, 0.3) is 0 Å². The molecule has 0 aliphatic carbocycles. The first kappa shape index (κ1) is 14.6. The molecule has 0 radical (unpaired) electrons. The van der Waals surface area contributed by atoms with Crippen LogP contribution in [0.15, 0.2) is 18.2 Å². The molecule has 0 amide bonds. The zero-order chi connectivity index (χ0) is 13.9. The van der Waals surface area contributed by atoms with Crippen molar-refractivity contribution in [3.05, 3.63) is 29.6 Å². The van der Waals surface area contributed by atoms with Gasteiger partial charge in [-0.1, -0.05) is 6.07 Å². The summed E-state index contributed by atoms with van der Waals surface area (Å²) in [5, 5.41) is 9.48. The molecule has 0 unspecified atom stereocenters. The van der Waals surface area contributed by atoms with Crippen molar-refractivity contribution in [1.82, 2.24) is 5.06 Å². The molecule has 0 saturated heterocycles. The number of rotatable bonds is 4. The van der Waals surface area contributed by atoms with Gasteiger partial charge in [0.2, 0.25) is 10.0 Å². The van der Waals surface area contributed by atoms with Crippen LogP contribution in [0.4, 0.5) is 10.1 Å². The van der Waals surface area contributed by atoms with Crippen LogP contribution in [-0.4, -0.2) is 30.1 Å². The van der Waals surface area contributed by atoms with Gasteiger partial charge >= 0.3 is 0 Å². The van der Waals surface area contributed by atoms with Crippen molar-refractivity contribution >= 4 is 33.0 Å². The Bertz CT molecular complexity index is 562. The molecule has 0 aliphatic rings. The van der Waals surface area contributed by atoms with Gasteiger partial charge in [-0.3, -0.25) is 9.93 Å². The fourth-order valence-corrected chi connectivity index (χ4v) is 1.81. The van der Waals surface area contributed by atoms with Gasteiger partial charge in [0.15, 0.2) is 5.11 Å². The lowest BCUT2D eigenvalue weighted by molar-refractivity contribution is -0.0219. The Labute approximate surface area is 109 Å². The zero-order valence-corrected chi connectivity index (χ0v) is 11.1. The first-order valence-corrected chi connectivity index (χ1v) is 7.01. The number of nitrogens with two attached hydrogens (primary N) is 1. The maximum Gasteiger partial charge on any atom is 0.229 e. The molecule has 0 fully saturated rings. The van der Waals surface area contributed by atoms with Crippen LogP contribution in [0.1, 0.15) is 5.56 Å². The van der Waals surface area contributed by atoms with Crippen LogP contribution < -0.4 is 10.5 Å². The van der Waals surface area contributed by atoms with Gasteiger partial charge < -0.3 is 5.73 Å². The Kier molecular flexibility index (Phi) is 4.43. The first-order valence-electron chi connectivity index (χ1n) is 4.71. The third kappa shape index (κ3) is 4.43. The highest BCUT2D eigenvalue weighted by molar-refractivity contribution is 7.92. The van der Waals surface area contributed by atoms with Crippen molar-refractivity contribution < 1.29 is 18.0 Å². The molecule has 0 aliphatic heterocycles. The van der Waals surface area contributed by atoms with Crippen LogP contribution in [0, 0.1) is 5.82 Å². The van der Waals surface area contributed by atoms with Crippen LogP contribution in [0.5, 0.6) is 0 Å². The van der Waals surface area contributed by atoms with Gasteiger partial charge in [-0.25, -0.2) is 17.9 Å². The van der Waals surface area contributed by atoms with Gasteiger partial charge in [0, 0.05) is 5.56 Å². The molecule has 0 bridgehead atoms. The molecule has 1 aromatic carbocycles. The Morgan fingerprint density at radius 1 is 1.61 bits per heavy atom. The van der Waals surface area contributed by atoms with Gasteiger partial charge in [0.25, 0.3) is 0 Å². The number of hydrogen-bond acceptors (Lipinski definition) is 4. The van der Waals surface area contributed by atoms with Gasteiger partial charge in [-0.15, -0.1) is 0 Å². The Morgan fingerprint density at radius 3 is 2.67 bits per heavy atom. The highest BCUT2D eigenvalue weighted by atomic mass is 32.2. The number of anilines is 1. The second-order valence-corrected chi connectivity index (χ2v) is 5.74. The largest absolute Gasteiger partial charge is 0.374 e. The molecule has 0 atom stereocenters. The summed E-state index contributed by atoms with van der Waals surface area (Å²) in [7, 11) is -3.46. The van der Waals surface area contributed by atoms with Gasteiger partial charge in [-0.2, -0.15) is 0 Å². The van der Waals surface area contributed by atoms with Crippen LogP contribution in [0.3, 0.4) is 0 Å². The minimum absolute atomic E-state index is 0.0959. The Hall–Kier alpha value is -1.45. The monoisotopic (exact) mass is 293 g/mol. The van der Waals surface area contributed by atoms with E-state index in [9.17, 15) is 18.0 Å². The smallest absolute Gasteiger partial charge is 0.229 e. The predicted molar refractivity (Wildman–Crippen MR) is 69.0 cm³/mol. The summed E-state index contributed by atoms with van der Waals surface area (Å²) in [4.78, 5) is 0. The molecule has 9 heteroatoms. The molecule has 6 nitrogen and oxygen atoms in total. The summed E-state index contributed by atoms with van der Waals surface area (Å²) in [5.74, 6) is -0.682. The van der Waals surface area contributed by atoms with Crippen molar-refractivity contribution in [3.63, 3.8) is 0 Å². The van der Waals surface area contributed by atoms with E-state index in [4.69, 9.17) is 5.73 Å². The summed E-state index contributed by atoms with van der Waals surface area (Å²) in [6.45, 7) is -0.222. The molecule has 0 saturated carbocycles. The van der Waals surface area contributed by atoms with Gasteiger partial charge in [-0.05, 0) is 24.4 Å². The average Bonchev–Trinajstić information content (AvgIpc) is 2.19. The third-order valence-electron chi connectivity index (χ3n) is 1.93. The maximum atomic E-state index is 13.6. The summed E-state index contributed by atoms with van der Waals surface area (Å²) < 4.78 is 37.6. The minimum atomic E-state index is -3.46. The van der Waals surface area contributed by atoms with E-state index in [2.05, 4.69) is 16.9 Å². The summed E-state index contributed by atoms with van der Waals surface area (Å²) in [6, 6.07) is 3.70. The van der Waals surface area contributed by atoms with Crippen molar-refractivity contribution in [2.45, 2.75) is 6.54 Å². The molecule has 100 valence electrons. The Morgan fingerprint density at radius 2 is 2.22 bits per heavy atom. The summed E-state index contributed by atoms with van der Waals surface area (Å²) >= 11 is 4.50. The van der Waals surface area contributed by atoms with E-state index in [0.29, 0.717) is 5.06 Å². The summed E-state index contributed by atoms with van der Waals surface area (Å²) in [6.07, 6.45) is 0.959. The SMILES string of the molecule is CS(=O)(=O)Nc1ccc(CN(O)C(N)=S)c(F)c1. The van der Waals surface area contributed by atoms with Crippen molar-refractivity contribution in [1.29, 1.82) is 0 Å². The molecule has 0 aromatic heterocycles. The van der Waals surface area contributed by atoms with E-state index in [0.717, 1.165) is 12.3 Å². The van der Waals surface area contributed by atoms with E-state index in [-0.39, 0.29) is 22.9 Å². The second-order valence-electron chi connectivity index (χ2n) is 3.58. The lowest BCUT2D eigenvalue weighted by Crippen LogP contribution is -2.32. The van der Waals surface area contributed by atoms with Crippen molar-refractivity contribution in [2.24, 2.45) is 5.73 Å². The van der Waals surface area contributed by atoms with Gasteiger partial charge in [0.1, 0.15) is 5.82 Å². The number of benzene rings is 1. The molecular formula is C9H12FN3O3S2. The molecule has 4 N–H and O–H groups in total. The lowest BCUT2D eigenvalue weighted by Gasteiger charge is -2.15. The number of thiocarbonyl (C=S) groups is 1. The minimum Gasteiger partial charge on any atom is -0.374 e. The van der Waals surface area contributed by atoms with Crippen LogP contribution in [0.2, 0.25) is 0 Å². The predicted octanol–water partition coefficient (Wildman–Crippen LogP) is 0.632. The fraction of sp³-hybridized carbons (Fsp3) is 0.222.